The van der Waals surface area contributed by atoms with Gasteiger partial charge >= 0.3 is 0 Å². The molecule has 0 aliphatic heterocycles. The van der Waals surface area contributed by atoms with E-state index in [4.69, 9.17) is 16.1 Å². The summed E-state index contributed by atoms with van der Waals surface area (Å²) in [6.07, 6.45) is 2.67. The number of hydrogen-bond donors (Lipinski definition) is 0. The maximum absolute atomic E-state index is 6.13. The molecule has 3 aromatic rings. The Morgan fingerprint density at radius 1 is 1.50 bits per heavy atom. The zero-order valence-electron chi connectivity index (χ0n) is 10.9. The molecule has 5 nitrogen and oxygen atoms in total. The van der Waals surface area contributed by atoms with Gasteiger partial charge < -0.3 is 4.52 Å². The Morgan fingerprint density at radius 3 is 3.15 bits per heavy atom. The van der Waals surface area contributed by atoms with Gasteiger partial charge in [0, 0.05) is 6.07 Å². The Kier molecular flexibility index (Phi) is 3.84. The highest BCUT2D eigenvalue weighted by Gasteiger charge is 2.12. The zero-order valence-corrected chi connectivity index (χ0v) is 12.4. The summed E-state index contributed by atoms with van der Waals surface area (Å²) in [7, 11) is 0. The summed E-state index contributed by atoms with van der Waals surface area (Å²) in [6.45, 7) is 2.54. The molecule has 20 heavy (non-hydrogen) atoms. The number of rotatable bonds is 5. The lowest BCUT2D eigenvalue weighted by atomic mass is 10.3. The van der Waals surface area contributed by atoms with Gasteiger partial charge in [-0.2, -0.15) is 0 Å². The fourth-order valence-electron chi connectivity index (χ4n) is 1.83. The third kappa shape index (κ3) is 2.76. The highest BCUT2D eigenvalue weighted by atomic mass is 35.5. The molecule has 0 fully saturated rings. The molecule has 0 spiro atoms. The summed E-state index contributed by atoms with van der Waals surface area (Å²) >= 11 is 7.75. The summed E-state index contributed by atoms with van der Waals surface area (Å²) in [5.74, 6) is 0.777. The summed E-state index contributed by atoms with van der Waals surface area (Å²) in [6, 6.07) is 5.91. The third-order valence-electron chi connectivity index (χ3n) is 2.88. The van der Waals surface area contributed by atoms with Gasteiger partial charge in [-0.3, -0.25) is 0 Å². The summed E-state index contributed by atoms with van der Waals surface area (Å²) < 4.78 is 7.05. The molecule has 0 amide bonds. The van der Waals surface area contributed by atoms with E-state index in [1.807, 2.05) is 36.7 Å². The van der Waals surface area contributed by atoms with Crippen LogP contribution < -0.4 is 0 Å². The van der Waals surface area contributed by atoms with Gasteiger partial charge in [0.1, 0.15) is 11.4 Å². The van der Waals surface area contributed by atoms with E-state index in [9.17, 15) is 0 Å². The molecule has 0 aliphatic rings. The minimum atomic E-state index is -0.0947. The van der Waals surface area contributed by atoms with Crippen LogP contribution >= 0.6 is 22.9 Å². The molecular formula is C13H13ClN4OS. The average molecular weight is 309 g/mol. The van der Waals surface area contributed by atoms with Crippen LogP contribution in [0.1, 0.15) is 30.1 Å². The molecule has 3 rings (SSSR count). The van der Waals surface area contributed by atoms with Crippen molar-refractivity contribution >= 4 is 22.9 Å². The van der Waals surface area contributed by atoms with Gasteiger partial charge in [-0.1, -0.05) is 23.4 Å². The minimum absolute atomic E-state index is 0.0947. The first kappa shape index (κ1) is 13.3. The van der Waals surface area contributed by atoms with Crippen molar-refractivity contribution in [1.29, 1.82) is 0 Å². The van der Waals surface area contributed by atoms with Crippen LogP contribution in [0.4, 0.5) is 0 Å². The molecule has 0 N–H and O–H groups in total. The van der Waals surface area contributed by atoms with E-state index in [1.54, 1.807) is 16.0 Å². The van der Waals surface area contributed by atoms with E-state index >= 15 is 0 Å². The topological polar surface area (TPSA) is 56.7 Å². The normalized spacial score (nSPS) is 12.7. The van der Waals surface area contributed by atoms with Crippen LogP contribution in [0.15, 0.2) is 34.3 Å². The molecule has 104 valence electrons. The quantitative estimate of drug-likeness (QED) is 0.674. The molecule has 7 heteroatoms. The molecule has 1 unspecified atom stereocenters. The summed E-state index contributed by atoms with van der Waals surface area (Å²) in [5, 5.41) is 14.1. The van der Waals surface area contributed by atoms with Crippen LogP contribution in [-0.2, 0) is 6.54 Å². The van der Waals surface area contributed by atoms with Crippen LogP contribution in [0.2, 0.25) is 0 Å². The van der Waals surface area contributed by atoms with Gasteiger partial charge in [0.2, 0.25) is 0 Å². The molecule has 0 aromatic carbocycles. The first-order chi connectivity index (χ1) is 9.76. The van der Waals surface area contributed by atoms with Crippen molar-refractivity contribution in [3.05, 3.63) is 41.2 Å². The van der Waals surface area contributed by atoms with Crippen LogP contribution in [0.3, 0.4) is 0 Å². The lowest BCUT2D eigenvalue weighted by Crippen LogP contribution is -2.00. The van der Waals surface area contributed by atoms with Gasteiger partial charge in [-0.15, -0.1) is 28.0 Å². The minimum Gasteiger partial charge on any atom is -0.355 e. The maximum atomic E-state index is 6.13. The Labute approximate surface area is 125 Å². The molecule has 3 heterocycles. The first-order valence-electron chi connectivity index (χ1n) is 6.30. The van der Waals surface area contributed by atoms with Crippen molar-refractivity contribution in [2.75, 3.05) is 0 Å². The smallest absolute Gasteiger partial charge is 0.177 e. The van der Waals surface area contributed by atoms with Gasteiger partial charge in [0.15, 0.2) is 5.76 Å². The molecular weight excluding hydrogens is 296 g/mol. The predicted octanol–water partition coefficient (Wildman–Crippen LogP) is 3.73. The van der Waals surface area contributed by atoms with Gasteiger partial charge in [-0.05, 0) is 17.9 Å². The highest BCUT2D eigenvalue weighted by Crippen LogP contribution is 2.25. The van der Waals surface area contributed by atoms with Crippen molar-refractivity contribution in [1.82, 2.24) is 20.2 Å². The number of nitrogens with zero attached hydrogens (tertiary/aromatic N) is 4. The van der Waals surface area contributed by atoms with Gasteiger partial charge in [-0.25, -0.2) is 4.68 Å². The first-order valence-corrected chi connectivity index (χ1v) is 7.61. The van der Waals surface area contributed by atoms with Crippen LogP contribution in [0, 0.1) is 0 Å². The fraction of sp³-hybridized carbons (Fsp3) is 0.308. The molecule has 0 radical (unpaired) electrons. The van der Waals surface area contributed by atoms with E-state index in [1.165, 1.54) is 0 Å². The van der Waals surface area contributed by atoms with E-state index in [0.29, 0.717) is 6.54 Å². The van der Waals surface area contributed by atoms with Crippen molar-refractivity contribution < 1.29 is 4.52 Å². The zero-order chi connectivity index (χ0) is 13.9. The Hall–Kier alpha value is -1.66. The van der Waals surface area contributed by atoms with Gasteiger partial charge in [0.05, 0.1) is 23.0 Å². The van der Waals surface area contributed by atoms with Crippen molar-refractivity contribution in [3.63, 3.8) is 0 Å². The molecule has 0 aliphatic carbocycles. The fourth-order valence-corrected chi connectivity index (χ4v) is 2.60. The lowest BCUT2D eigenvalue weighted by Gasteiger charge is -1.98. The van der Waals surface area contributed by atoms with Crippen LogP contribution in [0.25, 0.3) is 10.6 Å². The molecule has 1 atom stereocenters. The monoisotopic (exact) mass is 308 g/mol. The number of alkyl halides is 1. The Balaban J connectivity index is 1.73. The third-order valence-corrected chi connectivity index (χ3v) is 4.30. The van der Waals surface area contributed by atoms with E-state index in [0.717, 1.165) is 28.4 Å². The summed E-state index contributed by atoms with van der Waals surface area (Å²) in [5.41, 5.74) is 1.60. The number of aromatic nitrogens is 4. The predicted molar refractivity (Wildman–Crippen MR) is 77.8 cm³/mol. The van der Waals surface area contributed by atoms with E-state index < -0.39 is 0 Å². The molecule has 0 saturated carbocycles. The largest absolute Gasteiger partial charge is 0.355 e. The second-order valence-corrected chi connectivity index (χ2v) is 5.85. The number of halogens is 1. The number of hydrogen-bond acceptors (Lipinski definition) is 5. The maximum Gasteiger partial charge on any atom is 0.177 e. The lowest BCUT2D eigenvalue weighted by molar-refractivity contribution is 0.419. The SMILES string of the molecule is CCC(Cl)c1cn(Cc2cc(-c3cccs3)on2)nn1. The second-order valence-electron chi connectivity index (χ2n) is 4.38. The highest BCUT2D eigenvalue weighted by molar-refractivity contribution is 7.13. The van der Waals surface area contributed by atoms with Crippen LogP contribution in [-0.4, -0.2) is 20.2 Å². The van der Waals surface area contributed by atoms with Crippen molar-refractivity contribution in [2.24, 2.45) is 0 Å². The van der Waals surface area contributed by atoms with Crippen molar-refractivity contribution in [2.45, 2.75) is 25.3 Å². The number of thiophene rings is 1. The molecule has 0 bridgehead atoms. The summed E-state index contributed by atoms with van der Waals surface area (Å²) in [4.78, 5) is 1.06. The Morgan fingerprint density at radius 2 is 2.40 bits per heavy atom. The standard InChI is InChI=1S/C13H13ClN4OS/c1-2-10(14)11-8-18(17-15-11)7-9-6-12(19-16-9)13-4-3-5-20-13/h3-6,8,10H,2,7H2,1H3. The molecule has 0 saturated heterocycles. The van der Waals surface area contributed by atoms with Crippen LogP contribution in [0.5, 0.6) is 0 Å². The molecule has 3 aromatic heterocycles. The second kappa shape index (κ2) is 5.76. The van der Waals surface area contributed by atoms with Crippen molar-refractivity contribution in [3.8, 4) is 10.6 Å². The van der Waals surface area contributed by atoms with Gasteiger partial charge in [0.25, 0.3) is 0 Å². The Bertz CT molecular complexity index is 676. The van der Waals surface area contributed by atoms with E-state index in [-0.39, 0.29) is 5.38 Å². The average Bonchev–Trinajstić information content (AvgIpc) is 3.19. The van der Waals surface area contributed by atoms with E-state index in [2.05, 4.69) is 15.5 Å².